The summed E-state index contributed by atoms with van der Waals surface area (Å²) in [5.74, 6) is 1.12. The zero-order valence-electron chi connectivity index (χ0n) is 13.1. The molecule has 2 heterocycles. The molecule has 6 heteroatoms. The van der Waals surface area contributed by atoms with Crippen molar-refractivity contribution in [2.24, 2.45) is 11.8 Å². The molecule has 3 unspecified atom stereocenters. The standard InChI is InChI=1S/C15H24N4O2/c1-10-6-4-5-7-12(10)19-8-11-13(16-9-19)17(2)15(21)18(3)14(11)20/h10-12H,4-9H2,1-3H3/p+1. The molecule has 0 bridgehead atoms. The van der Waals surface area contributed by atoms with Gasteiger partial charge in [-0.15, -0.1) is 0 Å². The van der Waals surface area contributed by atoms with Crippen LogP contribution in [0.2, 0.25) is 0 Å². The fourth-order valence-electron chi connectivity index (χ4n) is 3.99. The summed E-state index contributed by atoms with van der Waals surface area (Å²) in [4.78, 5) is 32.9. The number of rotatable bonds is 1. The second-order valence-electron chi connectivity index (χ2n) is 6.61. The van der Waals surface area contributed by atoms with Gasteiger partial charge in [-0.25, -0.2) is 9.69 Å². The molecule has 2 fully saturated rings. The predicted molar refractivity (Wildman–Crippen MR) is 78.4 cm³/mol. The van der Waals surface area contributed by atoms with Crippen LogP contribution in [0.3, 0.4) is 0 Å². The smallest absolute Gasteiger partial charge is 0.273 e. The first-order valence-corrected chi connectivity index (χ1v) is 7.90. The predicted octanol–water partition coefficient (Wildman–Crippen LogP) is -0.543. The maximum atomic E-state index is 12.4. The van der Waals surface area contributed by atoms with Crippen molar-refractivity contribution in [2.45, 2.75) is 38.6 Å². The Hall–Kier alpha value is -1.43. The van der Waals surface area contributed by atoms with E-state index >= 15 is 0 Å². The first kappa shape index (κ1) is 14.5. The van der Waals surface area contributed by atoms with Crippen molar-refractivity contribution in [3.63, 3.8) is 0 Å². The molecule has 0 aromatic heterocycles. The Morgan fingerprint density at radius 2 is 1.81 bits per heavy atom. The van der Waals surface area contributed by atoms with E-state index in [0.29, 0.717) is 12.0 Å². The van der Waals surface area contributed by atoms with E-state index in [2.05, 4.69) is 16.8 Å². The van der Waals surface area contributed by atoms with E-state index in [9.17, 15) is 9.59 Å². The summed E-state index contributed by atoms with van der Waals surface area (Å²) in [6, 6.07) is 0.298. The lowest BCUT2D eigenvalue weighted by atomic mass is 9.84. The number of hydrogen-bond donors (Lipinski definition) is 1. The summed E-state index contributed by atoms with van der Waals surface area (Å²) in [6.45, 7) is 3.76. The van der Waals surface area contributed by atoms with E-state index in [0.717, 1.165) is 19.0 Å². The summed E-state index contributed by atoms with van der Waals surface area (Å²) < 4.78 is 0. The van der Waals surface area contributed by atoms with Gasteiger partial charge in [-0.1, -0.05) is 19.8 Å². The van der Waals surface area contributed by atoms with Gasteiger partial charge in [0.25, 0.3) is 5.84 Å². The molecule has 116 valence electrons. The Kier molecular flexibility index (Phi) is 3.73. The number of fused-ring (bicyclic) bond motifs is 1. The third kappa shape index (κ3) is 2.35. The molecule has 0 aromatic rings. The SMILES string of the molecule is CC1CCCCC1N1C[NH+]=C2C(C1)C(=O)N(C)C(=O)N2C. The Morgan fingerprint density at radius 3 is 2.52 bits per heavy atom. The molecule has 1 saturated heterocycles. The van der Waals surface area contributed by atoms with Crippen molar-refractivity contribution >= 4 is 17.8 Å². The summed E-state index contributed by atoms with van der Waals surface area (Å²) in [7, 11) is 3.31. The largest absolute Gasteiger partial charge is 0.417 e. The van der Waals surface area contributed by atoms with Crippen LogP contribution in [0.4, 0.5) is 4.79 Å². The maximum absolute atomic E-state index is 12.4. The van der Waals surface area contributed by atoms with E-state index < -0.39 is 0 Å². The number of urea groups is 1. The molecule has 2 aliphatic heterocycles. The molecule has 0 aromatic carbocycles. The normalized spacial score (nSPS) is 34.8. The molecule has 3 rings (SSSR count). The summed E-state index contributed by atoms with van der Waals surface area (Å²) in [5, 5.41) is 0. The van der Waals surface area contributed by atoms with E-state index in [1.165, 1.54) is 30.6 Å². The average molecular weight is 293 g/mol. The van der Waals surface area contributed by atoms with Crippen LogP contribution in [-0.2, 0) is 4.79 Å². The fourth-order valence-corrected chi connectivity index (χ4v) is 3.99. The van der Waals surface area contributed by atoms with Gasteiger partial charge >= 0.3 is 6.03 Å². The summed E-state index contributed by atoms with van der Waals surface area (Å²) in [5.41, 5.74) is 0. The number of hydrogen-bond acceptors (Lipinski definition) is 3. The third-order valence-electron chi connectivity index (χ3n) is 5.31. The van der Waals surface area contributed by atoms with Crippen LogP contribution in [0.15, 0.2) is 0 Å². The molecule has 3 aliphatic rings. The zero-order chi connectivity index (χ0) is 15.1. The minimum absolute atomic E-state index is 0.0891. The van der Waals surface area contributed by atoms with E-state index in [1.807, 2.05) is 0 Å². The minimum Gasteiger partial charge on any atom is -0.273 e. The molecule has 1 N–H and O–H groups in total. The molecule has 1 aliphatic carbocycles. The van der Waals surface area contributed by atoms with E-state index in [4.69, 9.17) is 0 Å². The van der Waals surface area contributed by atoms with Crippen LogP contribution < -0.4 is 4.99 Å². The lowest BCUT2D eigenvalue weighted by Crippen LogP contribution is -2.88. The number of nitrogens with zero attached hydrogens (tertiary/aromatic N) is 3. The van der Waals surface area contributed by atoms with Gasteiger partial charge < -0.3 is 0 Å². The monoisotopic (exact) mass is 293 g/mol. The zero-order valence-corrected chi connectivity index (χ0v) is 13.1. The Labute approximate surface area is 125 Å². The number of carbonyl (C=O) groups is 2. The Bertz CT molecular complexity index is 490. The molecule has 6 nitrogen and oxygen atoms in total. The number of nitrogens with one attached hydrogen (secondary N) is 1. The number of carbonyl (C=O) groups excluding carboxylic acids is 2. The van der Waals surface area contributed by atoms with Crippen molar-refractivity contribution in [3.8, 4) is 0 Å². The van der Waals surface area contributed by atoms with Crippen LogP contribution in [0.25, 0.3) is 0 Å². The number of imide groups is 1. The highest BCUT2D eigenvalue weighted by Gasteiger charge is 2.49. The topological polar surface area (TPSA) is 57.8 Å². The third-order valence-corrected chi connectivity index (χ3v) is 5.31. The van der Waals surface area contributed by atoms with Gasteiger partial charge in [0.1, 0.15) is 6.67 Å². The van der Waals surface area contributed by atoms with Crippen LogP contribution in [0.1, 0.15) is 32.6 Å². The van der Waals surface area contributed by atoms with Gasteiger partial charge in [-0.2, -0.15) is 4.90 Å². The van der Waals surface area contributed by atoms with Gasteiger partial charge in [0, 0.05) is 19.6 Å². The molecule has 0 spiro atoms. The number of amidine groups is 1. The summed E-state index contributed by atoms with van der Waals surface area (Å²) in [6.07, 6.45) is 5.08. The highest BCUT2D eigenvalue weighted by atomic mass is 16.2. The van der Waals surface area contributed by atoms with Gasteiger partial charge in [0.05, 0.1) is 7.05 Å². The second kappa shape index (κ2) is 5.40. The van der Waals surface area contributed by atoms with E-state index in [1.54, 1.807) is 19.0 Å². The lowest BCUT2D eigenvalue weighted by Gasteiger charge is -2.42. The first-order valence-electron chi connectivity index (χ1n) is 7.90. The first-order chi connectivity index (χ1) is 10.0. The van der Waals surface area contributed by atoms with Gasteiger partial charge in [-0.05, 0) is 18.8 Å². The molecule has 21 heavy (non-hydrogen) atoms. The highest BCUT2D eigenvalue weighted by molar-refractivity contribution is 6.16. The van der Waals surface area contributed by atoms with Crippen molar-refractivity contribution < 1.29 is 14.6 Å². The average Bonchev–Trinajstić information content (AvgIpc) is 2.51. The second-order valence-corrected chi connectivity index (χ2v) is 6.61. The van der Waals surface area contributed by atoms with Crippen LogP contribution in [0.5, 0.6) is 0 Å². The van der Waals surface area contributed by atoms with Crippen LogP contribution in [0, 0.1) is 11.8 Å². The van der Waals surface area contributed by atoms with Crippen LogP contribution in [-0.4, -0.2) is 65.8 Å². The van der Waals surface area contributed by atoms with E-state index in [-0.39, 0.29) is 17.9 Å². The van der Waals surface area contributed by atoms with Crippen LogP contribution >= 0.6 is 0 Å². The summed E-state index contributed by atoms with van der Waals surface area (Å²) >= 11 is 0. The van der Waals surface area contributed by atoms with Crippen molar-refractivity contribution in [3.05, 3.63) is 0 Å². The fraction of sp³-hybridized carbons (Fsp3) is 0.800. The Morgan fingerprint density at radius 1 is 1.10 bits per heavy atom. The highest BCUT2D eigenvalue weighted by Crippen LogP contribution is 2.29. The quantitative estimate of drug-likeness (QED) is 0.706. The molecule has 3 atom stereocenters. The molecular formula is C15H25N4O2+. The molecule has 0 radical (unpaired) electrons. The molecular weight excluding hydrogens is 268 g/mol. The van der Waals surface area contributed by atoms with Crippen molar-refractivity contribution in [1.29, 1.82) is 0 Å². The minimum atomic E-state index is -0.252. The lowest BCUT2D eigenvalue weighted by molar-refractivity contribution is -0.502. The van der Waals surface area contributed by atoms with Crippen molar-refractivity contribution in [1.82, 2.24) is 14.7 Å². The molecule has 3 amide bonds. The maximum Gasteiger partial charge on any atom is 0.417 e. The van der Waals surface area contributed by atoms with Gasteiger partial charge in [0.2, 0.25) is 5.91 Å². The van der Waals surface area contributed by atoms with Gasteiger partial charge in [-0.3, -0.25) is 14.7 Å². The molecule has 1 saturated carbocycles. The number of amides is 3. The van der Waals surface area contributed by atoms with Gasteiger partial charge in [0.15, 0.2) is 5.92 Å². The van der Waals surface area contributed by atoms with Crippen molar-refractivity contribution in [2.75, 3.05) is 27.3 Å². The Balaban J connectivity index is 1.81.